The first-order valence-corrected chi connectivity index (χ1v) is 8.70. The number of aromatic nitrogens is 4. The molecule has 0 amide bonds. The van der Waals surface area contributed by atoms with E-state index in [1.54, 1.807) is 29.0 Å². The quantitative estimate of drug-likeness (QED) is 0.516. The van der Waals surface area contributed by atoms with Gasteiger partial charge in [0.1, 0.15) is 5.82 Å². The number of allylic oxidation sites excluding steroid dienone is 1. The minimum atomic E-state index is -0.0327. The summed E-state index contributed by atoms with van der Waals surface area (Å²) in [6.45, 7) is 0.618. The largest absolute Gasteiger partial charge is 0.292 e. The zero-order valence-electron chi connectivity index (χ0n) is 13.7. The van der Waals surface area contributed by atoms with E-state index in [1.165, 1.54) is 0 Å². The lowest BCUT2D eigenvalue weighted by molar-refractivity contribution is 0.725. The van der Waals surface area contributed by atoms with Crippen LogP contribution in [-0.2, 0) is 6.54 Å². The van der Waals surface area contributed by atoms with Gasteiger partial charge in [0.15, 0.2) is 0 Å². The van der Waals surface area contributed by atoms with Crippen molar-refractivity contribution < 1.29 is 0 Å². The van der Waals surface area contributed by atoms with Gasteiger partial charge < -0.3 is 0 Å². The SMILES string of the molecule is O=c1c2ccc(Cl)cc2nc2n1CC/C2=C\c1cnc2ccccc2n1. The summed E-state index contributed by atoms with van der Waals surface area (Å²) in [6, 6.07) is 12.9. The molecule has 2 aromatic heterocycles. The molecule has 5 nitrogen and oxygen atoms in total. The van der Waals surface area contributed by atoms with Crippen LogP contribution in [0.15, 0.2) is 53.5 Å². The van der Waals surface area contributed by atoms with Crippen molar-refractivity contribution in [3.8, 4) is 0 Å². The van der Waals surface area contributed by atoms with Crippen LogP contribution in [0.3, 0.4) is 0 Å². The smallest absolute Gasteiger partial charge is 0.261 e. The van der Waals surface area contributed by atoms with Crippen molar-refractivity contribution in [2.45, 2.75) is 13.0 Å². The van der Waals surface area contributed by atoms with Crippen molar-refractivity contribution in [1.82, 2.24) is 19.5 Å². The summed E-state index contributed by atoms with van der Waals surface area (Å²) in [5, 5.41) is 1.16. The summed E-state index contributed by atoms with van der Waals surface area (Å²) < 4.78 is 1.72. The third-order valence-electron chi connectivity index (χ3n) is 4.60. The average Bonchev–Trinajstić information content (AvgIpc) is 3.04. The monoisotopic (exact) mass is 360 g/mol. The molecule has 0 unspecified atom stereocenters. The molecular formula is C20H13ClN4O. The van der Waals surface area contributed by atoms with Crippen molar-refractivity contribution in [2.24, 2.45) is 0 Å². The second-order valence-corrected chi connectivity index (χ2v) is 6.69. The molecule has 0 fully saturated rings. The lowest BCUT2D eigenvalue weighted by atomic mass is 10.1. The fraction of sp³-hybridized carbons (Fsp3) is 0.100. The predicted octanol–water partition coefficient (Wildman–Crippen LogP) is 3.94. The van der Waals surface area contributed by atoms with E-state index in [0.29, 0.717) is 28.3 Å². The summed E-state index contributed by atoms with van der Waals surface area (Å²) in [7, 11) is 0. The van der Waals surface area contributed by atoms with E-state index in [-0.39, 0.29) is 5.56 Å². The lowest BCUT2D eigenvalue weighted by Gasteiger charge is -2.06. The van der Waals surface area contributed by atoms with E-state index >= 15 is 0 Å². The van der Waals surface area contributed by atoms with Gasteiger partial charge in [-0.2, -0.15) is 0 Å². The van der Waals surface area contributed by atoms with Crippen LogP contribution in [-0.4, -0.2) is 19.5 Å². The highest BCUT2D eigenvalue weighted by Crippen LogP contribution is 2.28. The Morgan fingerprint density at radius 2 is 1.88 bits per heavy atom. The number of benzene rings is 2. The molecule has 1 aliphatic rings. The van der Waals surface area contributed by atoms with Crippen molar-refractivity contribution >= 4 is 45.2 Å². The third-order valence-corrected chi connectivity index (χ3v) is 4.83. The molecule has 0 radical (unpaired) electrons. The minimum Gasteiger partial charge on any atom is -0.292 e. The molecule has 5 rings (SSSR count). The maximum atomic E-state index is 12.7. The van der Waals surface area contributed by atoms with Gasteiger partial charge in [0.05, 0.1) is 33.8 Å². The van der Waals surface area contributed by atoms with Crippen LogP contribution in [0.1, 0.15) is 17.9 Å². The Bertz CT molecular complexity index is 1280. The minimum absolute atomic E-state index is 0.0327. The zero-order chi connectivity index (χ0) is 17.7. The van der Waals surface area contributed by atoms with Crippen molar-refractivity contribution in [3.63, 3.8) is 0 Å². The average molecular weight is 361 g/mol. The van der Waals surface area contributed by atoms with E-state index in [2.05, 4.69) is 15.0 Å². The third kappa shape index (κ3) is 2.40. The summed E-state index contributed by atoms with van der Waals surface area (Å²) in [6.07, 6.45) is 4.44. The summed E-state index contributed by atoms with van der Waals surface area (Å²) in [5.41, 5.74) is 4.02. The number of nitrogens with zero attached hydrogens (tertiary/aromatic N) is 4. The van der Waals surface area contributed by atoms with Gasteiger partial charge in [-0.3, -0.25) is 14.3 Å². The number of hydrogen-bond acceptors (Lipinski definition) is 4. The van der Waals surface area contributed by atoms with Crippen molar-refractivity contribution in [2.75, 3.05) is 0 Å². The second kappa shape index (κ2) is 5.75. The van der Waals surface area contributed by atoms with E-state index in [9.17, 15) is 4.79 Å². The highest BCUT2D eigenvalue weighted by atomic mass is 35.5. The Hall–Kier alpha value is -3.05. The Morgan fingerprint density at radius 1 is 1.04 bits per heavy atom. The predicted molar refractivity (Wildman–Crippen MR) is 103 cm³/mol. The standard InChI is InChI=1S/C20H13ClN4O/c21-13-5-6-15-18(10-13)24-19-12(7-8-25(19)20(15)26)9-14-11-22-16-3-1-2-4-17(16)23-14/h1-6,9-11H,7-8H2/b12-9+. The van der Waals surface area contributed by atoms with Gasteiger partial charge in [-0.25, -0.2) is 9.97 Å². The molecule has 6 heteroatoms. The zero-order valence-corrected chi connectivity index (χ0v) is 14.4. The molecule has 0 spiro atoms. The fourth-order valence-electron chi connectivity index (χ4n) is 3.35. The van der Waals surface area contributed by atoms with Gasteiger partial charge in [-0.15, -0.1) is 0 Å². The van der Waals surface area contributed by atoms with Crippen molar-refractivity contribution in [1.29, 1.82) is 0 Å². The highest BCUT2D eigenvalue weighted by molar-refractivity contribution is 6.31. The molecule has 26 heavy (non-hydrogen) atoms. The Morgan fingerprint density at radius 3 is 2.77 bits per heavy atom. The highest BCUT2D eigenvalue weighted by Gasteiger charge is 2.21. The summed E-state index contributed by atoms with van der Waals surface area (Å²) in [5.74, 6) is 0.680. The van der Waals surface area contributed by atoms with Crippen LogP contribution in [0.5, 0.6) is 0 Å². The molecule has 0 atom stereocenters. The maximum Gasteiger partial charge on any atom is 0.261 e. The van der Waals surface area contributed by atoms with Gasteiger partial charge >= 0.3 is 0 Å². The van der Waals surface area contributed by atoms with E-state index in [4.69, 9.17) is 11.6 Å². The summed E-state index contributed by atoms with van der Waals surface area (Å²) >= 11 is 6.06. The first kappa shape index (κ1) is 15.2. The Balaban J connectivity index is 1.67. The summed E-state index contributed by atoms with van der Waals surface area (Å²) in [4.78, 5) is 26.5. The molecular weight excluding hydrogens is 348 g/mol. The number of fused-ring (bicyclic) bond motifs is 3. The van der Waals surface area contributed by atoms with Crippen LogP contribution < -0.4 is 5.56 Å². The maximum absolute atomic E-state index is 12.7. The number of halogens is 1. The number of rotatable bonds is 1. The molecule has 1 aliphatic heterocycles. The Kier molecular flexibility index (Phi) is 3.36. The van der Waals surface area contributed by atoms with Crippen molar-refractivity contribution in [3.05, 3.63) is 75.6 Å². The van der Waals surface area contributed by atoms with Crippen LogP contribution in [0.2, 0.25) is 5.02 Å². The molecule has 0 saturated heterocycles. The van der Waals surface area contributed by atoms with Gasteiger partial charge in [0, 0.05) is 11.6 Å². The number of hydrogen-bond donors (Lipinski definition) is 0. The topological polar surface area (TPSA) is 60.7 Å². The Labute approximate surface area is 153 Å². The molecule has 4 aromatic rings. The lowest BCUT2D eigenvalue weighted by Crippen LogP contribution is -2.20. The molecule has 0 saturated carbocycles. The van der Waals surface area contributed by atoms with Gasteiger partial charge in [0.2, 0.25) is 0 Å². The fourth-order valence-corrected chi connectivity index (χ4v) is 3.51. The van der Waals surface area contributed by atoms with Crippen LogP contribution >= 0.6 is 11.6 Å². The molecule has 126 valence electrons. The number of para-hydroxylation sites is 2. The van der Waals surface area contributed by atoms with Crippen LogP contribution in [0, 0.1) is 0 Å². The van der Waals surface area contributed by atoms with Gasteiger partial charge in [-0.1, -0.05) is 23.7 Å². The van der Waals surface area contributed by atoms with Gasteiger partial charge in [0.25, 0.3) is 5.56 Å². The first-order valence-electron chi connectivity index (χ1n) is 8.32. The van der Waals surface area contributed by atoms with Crippen LogP contribution in [0.4, 0.5) is 0 Å². The second-order valence-electron chi connectivity index (χ2n) is 6.26. The first-order chi connectivity index (χ1) is 12.7. The molecule has 2 aromatic carbocycles. The van der Waals surface area contributed by atoms with E-state index in [1.807, 2.05) is 30.3 Å². The van der Waals surface area contributed by atoms with Crippen LogP contribution in [0.25, 0.3) is 33.6 Å². The molecule has 0 N–H and O–H groups in total. The molecule has 0 bridgehead atoms. The molecule has 3 heterocycles. The van der Waals surface area contributed by atoms with E-state index < -0.39 is 0 Å². The van der Waals surface area contributed by atoms with E-state index in [0.717, 1.165) is 28.7 Å². The molecule has 0 aliphatic carbocycles. The van der Waals surface area contributed by atoms with Gasteiger partial charge in [-0.05, 0) is 48.4 Å². The normalized spacial score (nSPS) is 15.0.